The number of nitrogens with one attached hydrogen (secondary N) is 2. The van der Waals surface area contributed by atoms with Gasteiger partial charge in [0.1, 0.15) is 4.47 Å². The van der Waals surface area contributed by atoms with Crippen LogP contribution < -0.4 is 10.9 Å². The number of nitrogens with zero attached hydrogens (tertiary/aromatic N) is 4. The molecule has 0 saturated carbocycles. The second-order valence-corrected chi connectivity index (χ2v) is 3.81. The predicted octanol–water partition coefficient (Wildman–Crippen LogP) is 0.236. The molecule has 0 aliphatic rings. The summed E-state index contributed by atoms with van der Waals surface area (Å²) >= 11 is 3.18. The Labute approximate surface area is 99.0 Å². The summed E-state index contributed by atoms with van der Waals surface area (Å²) < 4.78 is 2.14. The fourth-order valence-electron chi connectivity index (χ4n) is 1.16. The van der Waals surface area contributed by atoms with Crippen molar-refractivity contribution in [3.05, 3.63) is 33.4 Å². The molecule has 0 spiro atoms. The molecule has 16 heavy (non-hydrogen) atoms. The molecule has 2 rings (SSSR count). The van der Waals surface area contributed by atoms with Gasteiger partial charge in [-0.25, -0.2) is 5.10 Å². The standard InChI is InChI=1S/C8H9BrN6O/c9-7-6(5-12-13-8(7)16)10-1-3-15-4-2-11-14-15/h2,4-5H,1,3H2,(H2,10,13,16). The minimum absolute atomic E-state index is 0.259. The molecule has 0 atom stereocenters. The molecule has 0 amide bonds. The molecule has 2 aromatic rings. The maximum atomic E-state index is 11.2. The lowest BCUT2D eigenvalue weighted by Crippen LogP contribution is -2.15. The van der Waals surface area contributed by atoms with E-state index in [2.05, 4.69) is 41.8 Å². The lowest BCUT2D eigenvalue weighted by molar-refractivity contribution is 0.608. The van der Waals surface area contributed by atoms with Gasteiger partial charge < -0.3 is 5.32 Å². The summed E-state index contributed by atoms with van der Waals surface area (Å²) in [6.07, 6.45) is 4.93. The molecule has 0 unspecified atom stereocenters. The van der Waals surface area contributed by atoms with E-state index in [4.69, 9.17) is 0 Å². The van der Waals surface area contributed by atoms with Gasteiger partial charge in [0, 0.05) is 12.7 Å². The topological polar surface area (TPSA) is 88.5 Å². The largest absolute Gasteiger partial charge is 0.381 e. The first-order valence-electron chi connectivity index (χ1n) is 4.58. The SMILES string of the molecule is O=c1[nH]ncc(NCCn2ccnn2)c1Br. The van der Waals surface area contributed by atoms with Crippen molar-refractivity contribution in [2.75, 3.05) is 11.9 Å². The first kappa shape index (κ1) is 10.8. The minimum atomic E-state index is -0.259. The predicted molar refractivity (Wildman–Crippen MR) is 61.1 cm³/mol. The third-order valence-corrected chi connectivity index (χ3v) is 2.71. The number of rotatable bonds is 4. The molecule has 2 aromatic heterocycles. The lowest BCUT2D eigenvalue weighted by Gasteiger charge is -2.06. The van der Waals surface area contributed by atoms with E-state index >= 15 is 0 Å². The van der Waals surface area contributed by atoms with Gasteiger partial charge in [0.2, 0.25) is 0 Å². The van der Waals surface area contributed by atoms with Crippen LogP contribution in [0.15, 0.2) is 27.9 Å². The Morgan fingerprint density at radius 1 is 1.56 bits per heavy atom. The van der Waals surface area contributed by atoms with Gasteiger partial charge in [-0.05, 0) is 15.9 Å². The van der Waals surface area contributed by atoms with Crippen LogP contribution in [0.2, 0.25) is 0 Å². The summed E-state index contributed by atoms with van der Waals surface area (Å²) in [4.78, 5) is 11.2. The van der Waals surface area contributed by atoms with Gasteiger partial charge in [0.05, 0.1) is 24.6 Å². The zero-order valence-corrected chi connectivity index (χ0v) is 9.81. The highest BCUT2D eigenvalue weighted by molar-refractivity contribution is 9.10. The van der Waals surface area contributed by atoms with Gasteiger partial charge in [-0.3, -0.25) is 9.48 Å². The van der Waals surface area contributed by atoms with Crippen molar-refractivity contribution in [1.82, 2.24) is 25.2 Å². The third-order valence-electron chi connectivity index (χ3n) is 1.92. The Balaban J connectivity index is 1.95. The number of anilines is 1. The molecule has 0 radical (unpaired) electrons. The Bertz CT molecular complexity index is 507. The summed E-state index contributed by atoms with van der Waals surface area (Å²) in [6.45, 7) is 1.30. The van der Waals surface area contributed by atoms with Gasteiger partial charge >= 0.3 is 0 Å². The van der Waals surface area contributed by atoms with Crippen LogP contribution in [0.5, 0.6) is 0 Å². The number of hydrogen-bond donors (Lipinski definition) is 2. The van der Waals surface area contributed by atoms with Crippen LogP contribution in [0.4, 0.5) is 5.69 Å². The molecule has 0 aliphatic carbocycles. The van der Waals surface area contributed by atoms with Gasteiger partial charge in [0.15, 0.2) is 0 Å². The highest BCUT2D eigenvalue weighted by Gasteiger charge is 2.03. The van der Waals surface area contributed by atoms with Crippen molar-refractivity contribution in [2.24, 2.45) is 0 Å². The summed E-state index contributed by atoms with van der Waals surface area (Å²) in [5.74, 6) is 0. The molecule has 8 heteroatoms. The average molecular weight is 285 g/mol. The summed E-state index contributed by atoms with van der Waals surface area (Å²) in [7, 11) is 0. The fourth-order valence-corrected chi connectivity index (χ4v) is 1.50. The number of hydrogen-bond acceptors (Lipinski definition) is 5. The third kappa shape index (κ3) is 2.45. The molecule has 0 fully saturated rings. The number of aromatic amines is 1. The first-order chi connectivity index (χ1) is 7.77. The van der Waals surface area contributed by atoms with E-state index in [9.17, 15) is 4.79 Å². The highest BCUT2D eigenvalue weighted by Crippen LogP contribution is 2.14. The van der Waals surface area contributed by atoms with Crippen LogP contribution in [-0.4, -0.2) is 31.7 Å². The van der Waals surface area contributed by atoms with Crippen molar-refractivity contribution in [3.63, 3.8) is 0 Å². The van der Waals surface area contributed by atoms with E-state index in [0.717, 1.165) is 0 Å². The van der Waals surface area contributed by atoms with E-state index in [1.807, 2.05) is 0 Å². The van der Waals surface area contributed by atoms with Crippen LogP contribution in [0.1, 0.15) is 0 Å². The molecule has 0 saturated heterocycles. The average Bonchev–Trinajstić information content (AvgIpc) is 2.77. The lowest BCUT2D eigenvalue weighted by atomic mass is 10.4. The number of halogens is 1. The fraction of sp³-hybridized carbons (Fsp3) is 0.250. The Morgan fingerprint density at radius 3 is 3.19 bits per heavy atom. The zero-order valence-electron chi connectivity index (χ0n) is 8.22. The van der Waals surface area contributed by atoms with Gasteiger partial charge in [0.25, 0.3) is 5.56 Å². The van der Waals surface area contributed by atoms with Crippen LogP contribution in [0, 0.1) is 0 Å². The quantitative estimate of drug-likeness (QED) is 0.839. The summed E-state index contributed by atoms with van der Waals surface area (Å²) in [5.41, 5.74) is 0.398. The van der Waals surface area contributed by atoms with E-state index in [0.29, 0.717) is 23.2 Å². The summed E-state index contributed by atoms with van der Waals surface area (Å²) in [6, 6.07) is 0. The highest BCUT2D eigenvalue weighted by atomic mass is 79.9. The number of H-pyrrole nitrogens is 1. The Hall–Kier alpha value is -1.70. The zero-order chi connectivity index (χ0) is 11.4. The molecule has 0 aliphatic heterocycles. The molecular weight excluding hydrogens is 276 g/mol. The van der Waals surface area contributed by atoms with Gasteiger partial charge in [-0.1, -0.05) is 5.21 Å². The molecule has 2 heterocycles. The molecule has 7 nitrogen and oxygen atoms in total. The second-order valence-electron chi connectivity index (χ2n) is 3.02. The van der Waals surface area contributed by atoms with E-state index in [-0.39, 0.29) is 5.56 Å². The first-order valence-corrected chi connectivity index (χ1v) is 5.38. The molecular formula is C8H9BrN6O. The van der Waals surface area contributed by atoms with Crippen molar-refractivity contribution < 1.29 is 0 Å². The molecule has 0 aromatic carbocycles. The van der Waals surface area contributed by atoms with E-state index < -0.39 is 0 Å². The van der Waals surface area contributed by atoms with Gasteiger partial charge in [-0.15, -0.1) is 5.10 Å². The molecule has 0 bridgehead atoms. The molecule has 2 N–H and O–H groups in total. The molecule has 84 valence electrons. The van der Waals surface area contributed by atoms with E-state index in [1.165, 1.54) is 0 Å². The monoisotopic (exact) mass is 284 g/mol. The summed E-state index contributed by atoms with van der Waals surface area (Å²) in [5, 5.41) is 16.6. The van der Waals surface area contributed by atoms with Crippen LogP contribution in [0.25, 0.3) is 0 Å². The van der Waals surface area contributed by atoms with E-state index in [1.54, 1.807) is 23.3 Å². The van der Waals surface area contributed by atoms with Crippen LogP contribution in [0.3, 0.4) is 0 Å². The van der Waals surface area contributed by atoms with Crippen molar-refractivity contribution in [2.45, 2.75) is 6.54 Å². The van der Waals surface area contributed by atoms with Crippen molar-refractivity contribution in [1.29, 1.82) is 0 Å². The van der Waals surface area contributed by atoms with Crippen LogP contribution in [-0.2, 0) is 6.54 Å². The Morgan fingerprint density at radius 2 is 2.44 bits per heavy atom. The number of aromatic nitrogens is 5. The van der Waals surface area contributed by atoms with Crippen molar-refractivity contribution >= 4 is 21.6 Å². The van der Waals surface area contributed by atoms with Crippen molar-refractivity contribution in [3.8, 4) is 0 Å². The second kappa shape index (κ2) is 4.88. The van der Waals surface area contributed by atoms with Gasteiger partial charge in [-0.2, -0.15) is 5.10 Å². The normalized spacial score (nSPS) is 10.3. The van der Waals surface area contributed by atoms with Crippen LogP contribution >= 0.6 is 15.9 Å². The minimum Gasteiger partial charge on any atom is -0.381 e. The maximum absolute atomic E-state index is 11.2. The smallest absolute Gasteiger partial charge is 0.280 e. The maximum Gasteiger partial charge on any atom is 0.280 e. The Kier molecular flexibility index (Phi) is 3.30.